The fourth-order valence-corrected chi connectivity index (χ4v) is 5.74. The third-order valence-electron chi connectivity index (χ3n) is 6.31. The minimum atomic E-state index is -3.07. The number of hydrogen-bond donors (Lipinski definition) is 1. The molecule has 29 heavy (non-hydrogen) atoms. The number of guanidine groups is 1. The van der Waals surface area contributed by atoms with E-state index in [0.29, 0.717) is 13.1 Å². The van der Waals surface area contributed by atoms with Crippen molar-refractivity contribution in [2.24, 2.45) is 4.99 Å². The van der Waals surface area contributed by atoms with E-state index in [2.05, 4.69) is 46.4 Å². The zero-order chi connectivity index (χ0) is 20.4. The van der Waals surface area contributed by atoms with Crippen LogP contribution in [0.1, 0.15) is 37.8 Å². The Bertz CT molecular complexity index is 833. The second-order valence-corrected chi connectivity index (χ2v) is 11.4. The first-order valence-electron chi connectivity index (χ1n) is 10.0. The van der Waals surface area contributed by atoms with Crippen molar-refractivity contribution in [1.29, 1.82) is 0 Å². The smallest absolute Gasteiger partial charge is 0.193 e. The topological polar surface area (TPSA) is 71.0 Å². The molecule has 3 rings (SSSR count). The second-order valence-electron chi connectivity index (χ2n) is 8.61. The number of ether oxygens (including phenoxy) is 1. The van der Waals surface area contributed by atoms with E-state index in [-0.39, 0.29) is 35.1 Å². The predicted octanol–water partition coefficient (Wildman–Crippen LogP) is 2.75. The standard InChI is InChI=1S/C21H33N3O3S.HI/c1-17-7-5-6-8-18(17)21(9-12-27-13-10-21)15-23-19(22-4)24-11-14-28(25,26)20(2,3)16-24;/h5-8H,9-16H2,1-4H3,(H,22,23);1H. The zero-order valence-electron chi connectivity index (χ0n) is 17.9. The SMILES string of the molecule is CN=C(NCC1(c2ccccc2C)CCOCC1)N1CCS(=O)(=O)C(C)(C)C1.I. The van der Waals surface area contributed by atoms with Gasteiger partial charge in [0.25, 0.3) is 0 Å². The van der Waals surface area contributed by atoms with Crippen LogP contribution in [0.15, 0.2) is 29.3 Å². The summed E-state index contributed by atoms with van der Waals surface area (Å²) >= 11 is 0. The minimum absolute atomic E-state index is 0. The summed E-state index contributed by atoms with van der Waals surface area (Å²) in [5.74, 6) is 0.944. The van der Waals surface area contributed by atoms with Crippen molar-refractivity contribution >= 4 is 39.8 Å². The molecule has 0 aromatic heterocycles. The van der Waals surface area contributed by atoms with Crippen molar-refractivity contribution in [3.8, 4) is 0 Å². The van der Waals surface area contributed by atoms with Gasteiger partial charge in [-0.1, -0.05) is 24.3 Å². The van der Waals surface area contributed by atoms with Gasteiger partial charge in [-0.05, 0) is 44.7 Å². The molecule has 0 amide bonds. The van der Waals surface area contributed by atoms with Gasteiger partial charge in [0.15, 0.2) is 15.8 Å². The Labute approximate surface area is 192 Å². The van der Waals surface area contributed by atoms with Crippen molar-refractivity contribution < 1.29 is 13.2 Å². The Kier molecular flexibility index (Phi) is 8.00. The Balaban J connectivity index is 0.00000300. The number of sulfone groups is 1. The predicted molar refractivity (Wildman–Crippen MR) is 129 cm³/mol. The number of aliphatic imine (C=N–C) groups is 1. The highest BCUT2D eigenvalue weighted by atomic mass is 127. The molecular formula is C21H34IN3O3S. The fourth-order valence-electron chi connectivity index (χ4n) is 4.38. The van der Waals surface area contributed by atoms with Crippen LogP contribution in [-0.2, 0) is 20.0 Å². The maximum absolute atomic E-state index is 12.3. The minimum Gasteiger partial charge on any atom is -0.381 e. The van der Waals surface area contributed by atoms with E-state index < -0.39 is 14.6 Å². The molecule has 1 N–H and O–H groups in total. The molecule has 0 saturated carbocycles. The summed E-state index contributed by atoms with van der Waals surface area (Å²) in [5, 5.41) is 3.57. The lowest BCUT2D eigenvalue weighted by Crippen LogP contribution is -2.58. The van der Waals surface area contributed by atoms with Gasteiger partial charge in [0.2, 0.25) is 0 Å². The average Bonchev–Trinajstić information content (AvgIpc) is 2.66. The normalized spacial score (nSPS) is 23.2. The fraction of sp³-hybridized carbons (Fsp3) is 0.667. The Morgan fingerprint density at radius 1 is 1.24 bits per heavy atom. The van der Waals surface area contributed by atoms with Crippen LogP contribution < -0.4 is 5.32 Å². The molecule has 0 spiro atoms. The van der Waals surface area contributed by atoms with E-state index in [0.717, 1.165) is 38.6 Å². The molecule has 1 aromatic carbocycles. The van der Waals surface area contributed by atoms with E-state index in [1.807, 2.05) is 0 Å². The molecule has 0 radical (unpaired) electrons. The monoisotopic (exact) mass is 535 g/mol. The van der Waals surface area contributed by atoms with Gasteiger partial charge < -0.3 is 15.0 Å². The molecule has 1 aromatic rings. The highest BCUT2D eigenvalue weighted by Gasteiger charge is 2.42. The average molecular weight is 535 g/mol. The summed E-state index contributed by atoms with van der Waals surface area (Å²) < 4.78 is 29.6. The third-order valence-corrected chi connectivity index (χ3v) is 8.84. The molecule has 2 saturated heterocycles. The van der Waals surface area contributed by atoms with Gasteiger partial charge in [0.05, 0.1) is 10.5 Å². The molecule has 2 aliphatic heterocycles. The summed E-state index contributed by atoms with van der Waals surface area (Å²) in [4.78, 5) is 6.54. The molecule has 2 heterocycles. The quantitative estimate of drug-likeness (QED) is 0.366. The highest BCUT2D eigenvalue weighted by molar-refractivity contribution is 14.0. The van der Waals surface area contributed by atoms with Crippen molar-refractivity contribution in [3.05, 3.63) is 35.4 Å². The van der Waals surface area contributed by atoms with Crippen LogP contribution in [0.3, 0.4) is 0 Å². The van der Waals surface area contributed by atoms with Crippen molar-refractivity contribution in [2.75, 3.05) is 45.6 Å². The summed E-state index contributed by atoms with van der Waals surface area (Å²) in [6, 6.07) is 8.57. The number of halogens is 1. The van der Waals surface area contributed by atoms with E-state index in [1.54, 1.807) is 20.9 Å². The van der Waals surface area contributed by atoms with Gasteiger partial charge in [0, 0.05) is 45.3 Å². The van der Waals surface area contributed by atoms with Crippen LogP contribution in [-0.4, -0.2) is 69.7 Å². The summed E-state index contributed by atoms with van der Waals surface area (Å²) in [6.45, 7) is 8.97. The first-order chi connectivity index (χ1) is 13.2. The lowest BCUT2D eigenvalue weighted by Gasteiger charge is -2.42. The molecular weight excluding hydrogens is 501 g/mol. The van der Waals surface area contributed by atoms with Crippen molar-refractivity contribution in [3.63, 3.8) is 0 Å². The Morgan fingerprint density at radius 3 is 2.48 bits per heavy atom. The highest BCUT2D eigenvalue weighted by Crippen LogP contribution is 2.36. The van der Waals surface area contributed by atoms with Crippen LogP contribution in [0, 0.1) is 6.92 Å². The van der Waals surface area contributed by atoms with Crippen molar-refractivity contribution in [2.45, 2.75) is 43.8 Å². The zero-order valence-corrected chi connectivity index (χ0v) is 21.0. The van der Waals surface area contributed by atoms with E-state index in [4.69, 9.17) is 4.74 Å². The number of hydrogen-bond acceptors (Lipinski definition) is 4. The van der Waals surface area contributed by atoms with Gasteiger partial charge >= 0.3 is 0 Å². The number of benzene rings is 1. The van der Waals surface area contributed by atoms with E-state index >= 15 is 0 Å². The molecule has 0 atom stereocenters. The van der Waals surface area contributed by atoms with Gasteiger partial charge in [0.1, 0.15) is 0 Å². The summed E-state index contributed by atoms with van der Waals surface area (Å²) in [7, 11) is -1.31. The van der Waals surface area contributed by atoms with Gasteiger partial charge in [-0.25, -0.2) is 8.42 Å². The molecule has 2 fully saturated rings. The van der Waals surface area contributed by atoms with Crippen molar-refractivity contribution in [1.82, 2.24) is 10.2 Å². The maximum Gasteiger partial charge on any atom is 0.193 e. The Hall–Kier alpha value is -0.870. The van der Waals surface area contributed by atoms with Gasteiger partial charge in [-0.2, -0.15) is 0 Å². The Morgan fingerprint density at radius 2 is 1.90 bits per heavy atom. The molecule has 164 valence electrons. The molecule has 2 aliphatic rings. The summed E-state index contributed by atoms with van der Waals surface area (Å²) in [6.07, 6.45) is 1.92. The lowest BCUT2D eigenvalue weighted by molar-refractivity contribution is 0.0509. The first kappa shape index (κ1) is 24.4. The number of aryl methyl sites for hydroxylation is 1. The first-order valence-corrected chi connectivity index (χ1v) is 11.7. The van der Waals surface area contributed by atoms with Gasteiger partial charge in [-0.15, -0.1) is 24.0 Å². The van der Waals surface area contributed by atoms with E-state index in [1.165, 1.54) is 11.1 Å². The van der Waals surface area contributed by atoms with Gasteiger partial charge in [-0.3, -0.25) is 4.99 Å². The number of rotatable bonds is 3. The van der Waals surface area contributed by atoms with E-state index in [9.17, 15) is 8.42 Å². The van der Waals surface area contributed by atoms with Crippen LogP contribution in [0.5, 0.6) is 0 Å². The molecule has 6 nitrogen and oxygen atoms in total. The second kappa shape index (κ2) is 9.51. The largest absolute Gasteiger partial charge is 0.381 e. The summed E-state index contributed by atoms with van der Waals surface area (Å²) in [5.41, 5.74) is 2.66. The third kappa shape index (κ3) is 5.07. The number of nitrogens with zero attached hydrogens (tertiary/aromatic N) is 2. The molecule has 0 unspecified atom stereocenters. The molecule has 8 heteroatoms. The number of nitrogens with one attached hydrogen (secondary N) is 1. The lowest BCUT2D eigenvalue weighted by atomic mass is 9.72. The molecule has 0 bridgehead atoms. The van der Waals surface area contributed by atoms with Crippen LogP contribution in [0.4, 0.5) is 0 Å². The van der Waals surface area contributed by atoms with Crippen LogP contribution in [0.2, 0.25) is 0 Å². The van der Waals surface area contributed by atoms with Crippen LogP contribution in [0.25, 0.3) is 0 Å². The molecule has 0 aliphatic carbocycles. The van der Waals surface area contributed by atoms with Crippen LogP contribution >= 0.6 is 24.0 Å². The maximum atomic E-state index is 12.3.